The summed E-state index contributed by atoms with van der Waals surface area (Å²) in [4.78, 5) is 14.1. The third-order valence-electron chi connectivity index (χ3n) is 6.60. The molecule has 0 bridgehead atoms. The zero-order chi connectivity index (χ0) is 26.7. The molecule has 5 rings (SSSR count). The number of ether oxygens (including phenoxy) is 1. The van der Waals surface area contributed by atoms with Crippen molar-refractivity contribution in [2.45, 2.75) is 56.2 Å². The van der Waals surface area contributed by atoms with E-state index in [1.54, 1.807) is 42.7 Å². The minimum Gasteiger partial charge on any atom is -0.497 e. The number of nitrogens with zero attached hydrogens (tertiary/aromatic N) is 4. The topological polar surface area (TPSA) is 143 Å². The van der Waals surface area contributed by atoms with Gasteiger partial charge in [-0.15, -0.1) is 0 Å². The van der Waals surface area contributed by atoms with E-state index in [2.05, 4.69) is 20.3 Å². The summed E-state index contributed by atoms with van der Waals surface area (Å²) < 4.78 is 35.2. The summed E-state index contributed by atoms with van der Waals surface area (Å²) in [5.74, 6) is 1.63. The molecule has 0 amide bonds. The first-order chi connectivity index (χ1) is 18.3. The second-order valence-corrected chi connectivity index (χ2v) is 10.9. The lowest BCUT2D eigenvalue weighted by atomic mass is 9.93. The molecule has 1 aliphatic carbocycles. The molecule has 2 aromatic carbocycles. The summed E-state index contributed by atoms with van der Waals surface area (Å²) in [6, 6.07) is 13.3. The summed E-state index contributed by atoms with van der Waals surface area (Å²) in [5.41, 5.74) is 2.50. The molecular weight excluding hydrogens is 506 g/mol. The Bertz CT molecular complexity index is 1500. The maximum Gasteiger partial charge on any atom is 0.261 e. The van der Waals surface area contributed by atoms with Crippen LogP contribution in [0, 0.1) is 0 Å². The number of aliphatic hydroxyl groups excluding tert-OH is 1. The Balaban J connectivity index is 1.35. The normalized spacial score (nSPS) is 17.8. The number of sulfonamides is 1. The second-order valence-electron chi connectivity index (χ2n) is 9.23. The predicted molar refractivity (Wildman–Crippen MR) is 146 cm³/mol. The van der Waals surface area contributed by atoms with Gasteiger partial charge >= 0.3 is 0 Å². The number of aromatic nitrogens is 4. The maximum absolute atomic E-state index is 12.8. The smallest absolute Gasteiger partial charge is 0.261 e. The van der Waals surface area contributed by atoms with Gasteiger partial charge in [-0.2, -0.15) is 9.97 Å². The molecule has 12 heteroatoms. The zero-order valence-electron chi connectivity index (χ0n) is 21.3. The quantitative estimate of drug-likeness (QED) is 0.248. The SMILES string of the molecule is CCn1cnc2c(Nc3ccc(NS(=O)(=O)c4ccc(OC)cc4)cc3)nc(N[C@H]3CC[C@H](O)CC3)nc21. The van der Waals surface area contributed by atoms with E-state index in [1.165, 1.54) is 19.2 Å². The number of benzene rings is 2. The number of nitrogens with one attached hydrogen (secondary N) is 3. The minimum absolute atomic E-state index is 0.142. The van der Waals surface area contributed by atoms with Gasteiger partial charge in [-0.3, -0.25) is 4.72 Å². The van der Waals surface area contributed by atoms with Crippen molar-refractivity contribution in [2.75, 3.05) is 22.5 Å². The van der Waals surface area contributed by atoms with Crippen molar-refractivity contribution < 1.29 is 18.3 Å². The molecule has 4 aromatic rings. The van der Waals surface area contributed by atoms with E-state index in [4.69, 9.17) is 14.7 Å². The van der Waals surface area contributed by atoms with Crippen LogP contribution in [0.15, 0.2) is 59.8 Å². The molecule has 1 aliphatic rings. The molecule has 4 N–H and O–H groups in total. The first-order valence-corrected chi connectivity index (χ1v) is 14.0. The van der Waals surface area contributed by atoms with Gasteiger partial charge in [-0.1, -0.05) is 0 Å². The zero-order valence-corrected chi connectivity index (χ0v) is 22.1. The van der Waals surface area contributed by atoms with E-state index in [1.807, 2.05) is 11.5 Å². The Hall–Kier alpha value is -3.90. The molecule has 0 atom stereocenters. The van der Waals surface area contributed by atoms with E-state index >= 15 is 0 Å². The lowest BCUT2D eigenvalue weighted by molar-refractivity contribution is 0.126. The summed E-state index contributed by atoms with van der Waals surface area (Å²) in [7, 11) is -2.22. The van der Waals surface area contributed by atoms with Crippen LogP contribution < -0.4 is 20.1 Å². The minimum atomic E-state index is -3.75. The van der Waals surface area contributed by atoms with Crippen molar-refractivity contribution in [3.05, 3.63) is 54.9 Å². The van der Waals surface area contributed by atoms with Crippen molar-refractivity contribution in [2.24, 2.45) is 0 Å². The average molecular weight is 538 g/mol. The largest absolute Gasteiger partial charge is 0.497 e. The van der Waals surface area contributed by atoms with Gasteiger partial charge in [0.05, 0.1) is 24.4 Å². The van der Waals surface area contributed by atoms with Gasteiger partial charge in [0.25, 0.3) is 10.0 Å². The number of fused-ring (bicyclic) bond motifs is 1. The highest BCUT2D eigenvalue weighted by Crippen LogP contribution is 2.28. The van der Waals surface area contributed by atoms with Crippen molar-refractivity contribution in [3.63, 3.8) is 0 Å². The molecule has 0 saturated heterocycles. The van der Waals surface area contributed by atoms with Gasteiger partial charge in [0.15, 0.2) is 17.0 Å². The lowest BCUT2D eigenvalue weighted by Gasteiger charge is -2.26. The monoisotopic (exact) mass is 537 g/mol. The van der Waals surface area contributed by atoms with E-state index in [-0.39, 0.29) is 17.0 Å². The van der Waals surface area contributed by atoms with Gasteiger partial charge in [0.1, 0.15) is 5.75 Å². The predicted octanol–water partition coefficient (Wildman–Crippen LogP) is 4.11. The van der Waals surface area contributed by atoms with Gasteiger partial charge < -0.3 is 25.0 Å². The molecule has 11 nitrogen and oxygen atoms in total. The molecule has 38 heavy (non-hydrogen) atoms. The molecule has 0 aliphatic heterocycles. The Kier molecular flexibility index (Phi) is 7.34. The maximum atomic E-state index is 12.8. The van der Waals surface area contributed by atoms with Crippen LogP contribution in [-0.4, -0.2) is 52.3 Å². The lowest BCUT2D eigenvalue weighted by Crippen LogP contribution is -2.29. The third kappa shape index (κ3) is 5.65. The fourth-order valence-electron chi connectivity index (χ4n) is 4.46. The van der Waals surface area contributed by atoms with Crippen LogP contribution >= 0.6 is 0 Å². The molecule has 0 radical (unpaired) electrons. The molecule has 1 saturated carbocycles. The molecule has 200 valence electrons. The van der Waals surface area contributed by atoms with Crippen LogP contribution in [0.2, 0.25) is 0 Å². The Morgan fingerprint density at radius 3 is 2.34 bits per heavy atom. The van der Waals surface area contributed by atoms with E-state index in [9.17, 15) is 13.5 Å². The first kappa shape index (κ1) is 25.7. The number of methoxy groups -OCH3 is 1. The number of hydrogen-bond donors (Lipinski definition) is 4. The Morgan fingerprint density at radius 1 is 1.00 bits per heavy atom. The molecule has 1 fully saturated rings. The number of imidazole rings is 1. The van der Waals surface area contributed by atoms with Gasteiger partial charge in [0, 0.05) is 24.0 Å². The van der Waals surface area contributed by atoms with Crippen molar-refractivity contribution in [1.29, 1.82) is 0 Å². The van der Waals surface area contributed by atoms with E-state index < -0.39 is 10.0 Å². The number of anilines is 4. The fraction of sp³-hybridized carbons (Fsp3) is 0.346. The van der Waals surface area contributed by atoms with Crippen LogP contribution in [0.25, 0.3) is 11.2 Å². The summed E-state index contributed by atoms with van der Waals surface area (Å²) in [5, 5.41) is 16.5. The fourth-order valence-corrected chi connectivity index (χ4v) is 5.52. The number of aryl methyl sites for hydroxylation is 1. The summed E-state index contributed by atoms with van der Waals surface area (Å²) >= 11 is 0. The van der Waals surface area contributed by atoms with E-state index in [0.717, 1.165) is 31.4 Å². The second kappa shape index (κ2) is 10.8. The highest BCUT2D eigenvalue weighted by atomic mass is 32.2. The van der Waals surface area contributed by atoms with Gasteiger partial charge in [0.2, 0.25) is 5.95 Å². The van der Waals surface area contributed by atoms with Crippen LogP contribution in [0.3, 0.4) is 0 Å². The van der Waals surface area contributed by atoms with Crippen molar-refractivity contribution in [1.82, 2.24) is 19.5 Å². The summed E-state index contributed by atoms with van der Waals surface area (Å²) in [6.07, 6.45) is 4.72. The molecule has 2 aromatic heterocycles. The summed E-state index contributed by atoms with van der Waals surface area (Å²) in [6.45, 7) is 2.74. The average Bonchev–Trinajstić information content (AvgIpc) is 3.34. The first-order valence-electron chi connectivity index (χ1n) is 12.6. The Morgan fingerprint density at radius 2 is 1.68 bits per heavy atom. The number of aliphatic hydroxyl groups is 1. The number of hydrogen-bond acceptors (Lipinski definition) is 9. The van der Waals surface area contributed by atoms with Crippen molar-refractivity contribution in [3.8, 4) is 5.75 Å². The third-order valence-corrected chi connectivity index (χ3v) is 8.00. The van der Waals surface area contributed by atoms with E-state index in [0.29, 0.717) is 40.9 Å². The Labute approximate surface area is 221 Å². The van der Waals surface area contributed by atoms with Gasteiger partial charge in [-0.25, -0.2) is 13.4 Å². The van der Waals surface area contributed by atoms with Gasteiger partial charge in [-0.05, 0) is 81.1 Å². The molecular formula is C26H31N7O4S. The van der Waals surface area contributed by atoms with Crippen LogP contribution in [0.1, 0.15) is 32.6 Å². The number of rotatable bonds is 9. The molecule has 2 heterocycles. The standard InChI is InChI=1S/C26H31N7O4S/c1-3-33-16-27-23-24(30-26(31-25(23)33)29-18-8-10-20(34)11-9-18)28-17-4-6-19(7-5-17)32-38(35,36)22-14-12-21(37-2)13-15-22/h4-7,12-16,18,20,32,34H,3,8-11H2,1-2H3,(H2,28,29,30,31)/t18-,20-. The van der Waals surface area contributed by atoms with Crippen LogP contribution in [0.4, 0.5) is 23.1 Å². The van der Waals surface area contributed by atoms with Crippen LogP contribution in [-0.2, 0) is 16.6 Å². The highest BCUT2D eigenvalue weighted by Gasteiger charge is 2.21. The molecule has 0 unspecified atom stereocenters. The van der Waals surface area contributed by atoms with Crippen molar-refractivity contribution >= 4 is 44.3 Å². The highest BCUT2D eigenvalue weighted by molar-refractivity contribution is 7.92. The molecule has 0 spiro atoms. The van der Waals surface area contributed by atoms with Crippen LogP contribution in [0.5, 0.6) is 5.75 Å².